The molecule has 0 unspecified atom stereocenters. The monoisotopic (exact) mass is 271 g/mol. The summed E-state index contributed by atoms with van der Waals surface area (Å²) in [5.74, 6) is 0. The molecular formula is C14H16F3NO. The van der Waals surface area contributed by atoms with Crippen molar-refractivity contribution < 1.29 is 18.3 Å². The van der Waals surface area contributed by atoms with Gasteiger partial charge in [0.05, 0.1) is 11.1 Å². The lowest BCUT2D eigenvalue weighted by molar-refractivity contribution is -0.136. The zero-order valence-corrected chi connectivity index (χ0v) is 10.8. The second-order valence-corrected chi connectivity index (χ2v) is 4.83. The number of benzene rings is 1. The van der Waals surface area contributed by atoms with Gasteiger partial charge in [0.2, 0.25) is 0 Å². The van der Waals surface area contributed by atoms with Crippen LogP contribution < -0.4 is 0 Å². The van der Waals surface area contributed by atoms with Gasteiger partial charge in [-0.15, -0.1) is 0 Å². The van der Waals surface area contributed by atoms with Crippen LogP contribution in [-0.4, -0.2) is 16.3 Å². The van der Waals surface area contributed by atoms with Crippen LogP contribution in [-0.2, 0) is 12.6 Å². The van der Waals surface area contributed by atoms with Gasteiger partial charge in [0.15, 0.2) is 0 Å². The lowest BCUT2D eigenvalue weighted by Crippen LogP contribution is -2.09. The Balaban J connectivity index is 2.79. The first-order valence-corrected chi connectivity index (χ1v) is 6.16. The number of aliphatic hydroxyl groups is 1. The summed E-state index contributed by atoms with van der Waals surface area (Å²) in [6, 6.07) is 4.12. The summed E-state index contributed by atoms with van der Waals surface area (Å²) in [5.41, 5.74) is 0.327. The van der Waals surface area contributed by atoms with Crippen molar-refractivity contribution in [3.63, 3.8) is 0 Å². The SMILES string of the molecule is CC(C)n1cc(CCO)c2cccc(C(F)(F)F)c21. The highest BCUT2D eigenvalue weighted by atomic mass is 19.4. The molecule has 0 radical (unpaired) electrons. The van der Waals surface area contributed by atoms with Crippen LogP contribution in [0, 0.1) is 0 Å². The van der Waals surface area contributed by atoms with E-state index in [0.717, 1.165) is 11.6 Å². The minimum absolute atomic E-state index is 0.0709. The van der Waals surface area contributed by atoms with Crippen molar-refractivity contribution in [1.82, 2.24) is 4.57 Å². The lowest BCUT2D eigenvalue weighted by Gasteiger charge is -2.14. The molecule has 2 nitrogen and oxygen atoms in total. The zero-order chi connectivity index (χ0) is 14.2. The quantitative estimate of drug-likeness (QED) is 0.903. The molecule has 0 atom stereocenters. The molecule has 0 amide bonds. The largest absolute Gasteiger partial charge is 0.418 e. The fourth-order valence-electron chi connectivity index (χ4n) is 2.34. The predicted molar refractivity (Wildman–Crippen MR) is 68.1 cm³/mol. The maximum absolute atomic E-state index is 13.1. The van der Waals surface area contributed by atoms with Gasteiger partial charge >= 0.3 is 6.18 Å². The van der Waals surface area contributed by atoms with E-state index >= 15 is 0 Å². The molecule has 0 aliphatic heterocycles. The summed E-state index contributed by atoms with van der Waals surface area (Å²) < 4.78 is 40.9. The Morgan fingerprint density at radius 1 is 1.26 bits per heavy atom. The summed E-state index contributed by atoms with van der Waals surface area (Å²) in [6.07, 6.45) is -2.31. The van der Waals surface area contributed by atoms with Crippen molar-refractivity contribution in [2.75, 3.05) is 6.61 Å². The lowest BCUT2D eigenvalue weighted by atomic mass is 10.1. The fourth-order valence-corrected chi connectivity index (χ4v) is 2.34. The smallest absolute Gasteiger partial charge is 0.396 e. The van der Waals surface area contributed by atoms with Crippen molar-refractivity contribution in [2.24, 2.45) is 0 Å². The number of halogens is 3. The van der Waals surface area contributed by atoms with Crippen LogP contribution >= 0.6 is 0 Å². The molecule has 19 heavy (non-hydrogen) atoms. The maximum Gasteiger partial charge on any atom is 0.418 e. The summed E-state index contributed by atoms with van der Waals surface area (Å²) in [4.78, 5) is 0. The summed E-state index contributed by atoms with van der Waals surface area (Å²) >= 11 is 0. The average Bonchev–Trinajstić information content (AvgIpc) is 2.67. The molecule has 1 aromatic heterocycles. The molecule has 1 heterocycles. The van der Waals surface area contributed by atoms with Gasteiger partial charge in [-0.3, -0.25) is 0 Å². The number of aromatic nitrogens is 1. The van der Waals surface area contributed by atoms with E-state index in [0.29, 0.717) is 11.8 Å². The van der Waals surface area contributed by atoms with Crippen molar-refractivity contribution in [3.8, 4) is 0 Å². The van der Waals surface area contributed by atoms with Crippen LogP contribution in [0.4, 0.5) is 13.2 Å². The number of aliphatic hydroxyl groups excluding tert-OH is 1. The number of nitrogens with zero attached hydrogens (tertiary/aromatic N) is 1. The van der Waals surface area contributed by atoms with E-state index in [2.05, 4.69) is 0 Å². The molecule has 2 rings (SSSR count). The fraction of sp³-hybridized carbons (Fsp3) is 0.429. The van der Waals surface area contributed by atoms with E-state index < -0.39 is 11.7 Å². The summed E-state index contributed by atoms with van der Waals surface area (Å²) in [7, 11) is 0. The van der Waals surface area contributed by atoms with Gasteiger partial charge in [-0.25, -0.2) is 0 Å². The molecule has 0 aliphatic rings. The number of rotatable bonds is 3. The summed E-state index contributed by atoms with van der Waals surface area (Å²) in [6.45, 7) is 3.61. The molecule has 0 saturated carbocycles. The van der Waals surface area contributed by atoms with Crippen molar-refractivity contribution >= 4 is 10.9 Å². The first kappa shape index (κ1) is 13.9. The van der Waals surface area contributed by atoms with Crippen LogP contribution in [0.5, 0.6) is 0 Å². The Morgan fingerprint density at radius 2 is 1.95 bits per heavy atom. The van der Waals surface area contributed by atoms with Crippen LogP contribution in [0.25, 0.3) is 10.9 Å². The third kappa shape index (κ3) is 2.47. The van der Waals surface area contributed by atoms with E-state index in [1.807, 2.05) is 13.8 Å². The van der Waals surface area contributed by atoms with E-state index in [9.17, 15) is 13.2 Å². The minimum atomic E-state index is -4.37. The third-order valence-electron chi connectivity index (χ3n) is 3.18. The highest BCUT2D eigenvalue weighted by molar-refractivity contribution is 5.87. The molecule has 0 fully saturated rings. The van der Waals surface area contributed by atoms with Crippen molar-refractivity contribution in [1.29, 1.82) is 0 Å². The Hall–Kier alpha value is -1.49. The Kier molecular flexibility index (Phi) is 3.58. The van der Waals surface area contributed by atoms with Gasteiger partial charge in [0.1, 0.15) is 0 Å². The third-order valence-corrected chi connectivity index (χ3v) is 3.18. The first-order chi connectivity index (χ1) is 8.86. The minimum Gasteiger partial charge on any atom is -0.396 e. The molecule has 0 spiro atoms. The van der Waals surface area contributed by atoms with Crippen LogP contribution in [0.2, 0.25) is 0 Å². The Bertz CT molecular complexity index is 584. The molecule has 104 valence electrons. The maximum atomic E-state index is 13.1. The van der Waals surface area contributed by atoms with Crippen LogP contribution in [0.15, 0.2) is 24.4 Å². The number of para-hydroxylation sites is 1. The Morgan fingerprint density at radius 3 is 2.47 bits per heavy atom. The second kappa shape index (κ2) is 4.89. The van der Waals surface area contributed by atoms with Gasteiger partial charge in [-0.2, -0.15) is 13.2 Å². The molecule has 2 aromatic rings. The molecule has 0 saturated heterocycles. The van der Waals surface area contributed by atoms with Gasteiger partial charge in [0, 0.05) is 24.2 Å². The van der Waals surface area contributed by atoms with Gasteiger partial charge in [-0.05, 0) is 31.9 Å². The zero-order valence-electron chi connectivity index (χ0n) is 10.8. The molecule has 0 aliphatic carbocycles. The molecule has 5 heteroatoms. The number of hydrogen-bond donors (Lipinski definition) is 1. The van der Waals surface area contributed by atoms with Crippen LogP contribution in [0.3, 0.4) is 0 Å². The second-order valence-electron chi connectivity index (χ2n) is 4.83. The van der Waals surface area contributed by atoms with E-state index in [-0.39, 0.29) is 18.2 Å². The molecule has 1 aromatic carbocycles. The number of alkyl halides is 3. The average molecular weight is 271 g/mol. The number of hydrogen-bond acceptors (Lipinski definition) is 1. The highest BCUT2D eigenvalue weighted by Crippen LogP contribution is 2.37. The summed E-state index contributed by atoms with van der Waals surface area (Å²) in [5, 5.41) is 9.59. The predicted octanol–water partition coefficient (Wildman–Crippen LogP) is 3.78. The first-order valence-electron chi connectivity index (χ1n) is 6.16. The van der Waals surface area contributed by atoms with E-state index in [1.165, 1.54) is 6.07 Å². The Labute approximate surface area is 109 Å². The number of fused-ring (bicyclic) bond motifs is 1. The van der Waals surface area contributed by atoms with E-state index in [4.69, 9.17) is 5.11 Å². The normalized spacial score (nSPS) is 12.6. The van der Waals surface area contributed by atoms with E-state index in [1.54, 1.807) is 16.8 Å². The molecule has 0 bridgehead atoms. The topological polar surface area (TPSA) is 25.2 Å². The van der Waals surface area contributed by atoms with Gasteiger partial charge < -0.3 is 9.67 Å². The van der Waals surface area contributed by atoms with Gasteiger partial charge in [-0.1, -0.05) is 12.1 Å². The van der Waals surface area contributed by atoms with Crippen LogP contribution in [0.1, 0.15) is 31.0 Å². The highest BCUT2D eigenvalue weighted by Gasteiger charge is 2.34. The molecular weight excluding hydrogens is 255 g/mol. The molecule has 1 N–H and O–H groups in total. The van der Waals surface area contributed by atoms with Gasteiger partial charge in [0.25, 0.3) is 0 Å². The van der Waals surface area contributed by atoms with Crippen molar-refractivity contribution in [3.05, 3.63) is 35.5 Å². The standard InChI is InChI=1S/C14H16F3NO/c1-9(2)18-8-10(6-7-19)11-4-3-5-12(13(11)18)14(15,16)17/h3-5,8-9,19H,6-7H2,1-2H3. The van der Waals surface area contributed by atoms with Crippen molar-refractivity contribution in [2.45, 2.75) is 32.5 Å².